The van der Waals surface area contributed by atoms with E-state index in [2.05, 4.69) is 31.2 Å². The van der Waals surface area contributed by atoms with Gasteiger partial charge >= 0.3 is 0 Å². The summed E-state index contributed by atoms with van der Waals surface area (Å²) in [6.07, 6.45) is 4.52. The molecule has 1 fully saturated rings. The molecule has 0 amide bonds. The van der Waals surface area contributed by atoms with Crippen LogP contribution in [0.5, 0.6) is 0 Å². The van der Waals surface area contributed by atoms with Crippen LogP contribution in [-0.2, 0) is 0 Å². The third-order valence-corrected chi connectivity index (χ3v) is 3.68. The van der Waals surface area contributed by atoms with Crippen molar-refractivity contribution in [1.82, 2.24) is 10.5 Å². The average Bonchev–Trinajstić information content (AvgIpc) is 2.73. The van der Waals surface area contributed by atoms with Crippen molar-refractivity contribution in [2.45, 2.75) is 58.4 Å². The van der Waals surface area contributed by atoms with Gasteiger partial charge < -0.3 is 9.84 Å². The van der Waals surface area contributed by atoms with Crippen molar-refractivity contribution in [3.8, 4) is 0 Å². The van der Waals surface area contributed by atoms with Crippen LogP contribution in [0, 0.1) is 5.41 Å². The van der Waals surface area contributed by atoms with Gasteiger partial charge in [0.1, 0.15) is 5.76 Å². The first-order chi connectivity index (χ1) is 8.44. The maximum absolute atomic E-state index is 11.1. The molecule has 4 heteroatoms. The summed E-state index contributed by atoms with van der Waals surface area (Å²) in [5, 5.41) is 5.95. The molecule has 0 saturated carbocycles. The van der Waals surface area contributed by atoms with Crippen molar-refractivity contribution < 1.29 is 4.52 Å². The summed E-state index contributed by atoms with van der Waals surface area (Å²) in [4.78, 5) is 11.1. The Morgan fingerprint density at radius 2 is 2.22 bits per heavy atom. The van der Waals surface area contributed by atoms with Crippen LogP contribution < -0.4 is 10.9 Å². The quantitative estimate of drug-likeness (QED) is 0.869. The lowest BCUT2D eigenvalue weighted by Gasteiger charge is -2.31. The Morgan fingerprint density at radius 1 is 1.44 bits per heavy atom. The molecule has 1 aromatic heterocycles. The largest absolute Gasteiger partial charge is 0.383 e. The molecule has 0 aromatic carbocycles. The number of hydrogen-bond acceptors (Lipinski definition) is 3. The molecule has 1 saturated heterocycles. The standard InChI is InChI=1S/C14H24N2O2/c1-14(2,3)6-4-11-8-10(5-7-15-11)12-9-13(17)16-18-12/h9-11,15H,4-8H2,1-3H3,(H,16,17)/t10-,11-/m0/s1. The maximum Gasteiger partial charge on any atom is 0.280 e. The molecule has 0 bridgehead atoms. The Kier molecular flexibility index (Phi) is 3.95. The lowest BCUT2D eigenvalue weighted by Crippen LogP contribution is -2.37. The van der Waals surface area contributed by atoms with Gasteiger partial charge in [0.05, 0.1) is 0 Å². The minimum absolute atomic E-state index is 0.130. The fourth-order valence-electron chi connectivity index (χ4n) is 2.59. The van der Waals surface area contributed by atoms with Crippen molar-refractivity contribution in [3.63, 3.8) is 0 Å². The van der Waals surface area contributed by atoms with E-state index in [0.717, 1.165) is 25.1 Å². The number of rotatable bonds is 3. The zero-order valence-electron chi connectivity index (χ0n) is 11.6. The van der Waals surface area contributed by atoms with Gasteiger partial charge in [-0.2, -0.15) is 5.16 Å². The van der Waals surface area contributed by atoms with Crippen molar-refractivity contribution in [3.05, 3.63) is 22.2 Å². The summed E-state index contributed by atoms with van der Waals surface area (Å²) in [6, 6.07) is 2.14. The third kappa shape index (κ3) is 3.73. The van der Waals surface area contributed by atoms with Gasteiger partial charge in [0, 0.05) is 18.0 Å². The topological polar surface area (TPSA) is 58.0 Å². The summed E-state index contributed by atoms with van der Waals surface area (Å²) in [6.45, 7) is 7.84. The first-order valence-electron chi connectivity index (χ1n) is 6.86. The molecule has 0 spiro atoms. The molecular formula is C14H24N2O2. The van der Waals surface area contributed by atoms with E-state index in [0.29, 0.717) is 17.4 Å². The van der Waals surface area contributed by atoms with E-state index < -0.39 is 0 Å². The minimum atomic E-state index is -0.130. The van der Waals surface area contributed by atoms with Gasteiger partial charge in [0.25, 0.3) is 5.56 Å². The van der Waals surface area contributed by atoms with E-state index in [1.165, 1.54) is 12.8 Å². The second kappa shape index (κ2) is 5.31. The van der Waals surface area contributed by atoms with E-state index in [-0.39, 0.29) is 5.56 Å². The van der Waals surface area contributed by atoms with Gasteiger partial charge in [-0.15, -0.1) is 0 Å². The SMILES string of the molecule is CC(C)(C)CC[C@H]1C[C@@H](c2cc(=O)[nH]o2)CCN1. The van der Waals surface area contributed by atoms with Crippen molar-refractivity contribution in [2.24, 2.45) is 5.41 Å². The molecule has 2 rings (SSSR count). The predicted octanol–water partition coefficient (Wildman–Crippen LogP) is 2.63. The average molecular weight is 252 g/mol. The van der Waals surface area contributed by atoms with E-state index in [1.54, 1.807) is 6.07 Å². The predicted molar refractivity (Wildman–Crippen MR) is 71.8 cm³/mol. The normalized spacial score (nSPS) is 25.3. The molecule has 1 aliphatic rings. The van der Waals surface area contributed by atoms with Gasteiger partial charge in [0.15, 0.2) is 0 Å². The van der Waals surface area contributed by atoms with Crippen LogP contribution in [0.25, 0.3) is 0 Å². The fraction of sp³-hybridized carbons (Fsp3) is 0.786. The molecule has 0 unspecified atom stereocenters. The van der Waals surface area contributed by atoms with Gasteiger partial charge in [-0.25, -0.2) is 0 Å². The Hall–Kier alpha value is -1.03. The van der Waals surface area contributed by atoms with E-state index >= 15 is 0 Å². The Morgan fingerprint density at radius 3 is 2.83 bits per heavy atom. The smallest absolute Gasteiger partial charge is 0.280 e. The van der Waals surface area contributed by atoms with Crippen LogP contribution in [0.2, 0.25) is 0 Å². The lowest BCUT2D eigenvalue weighted by atomic mass is 9.83. The minimum Gasteiger partial charge on any atom is -0.383 e. The molecule has 1 aliphatic heterocycles. The number of H-pyrrole nitrogens is 1. The van der Waals surface area contributed by atoms with Crippen molar-refractivity contribution in [1.29, 1.82) is 0 Å². The first-order valence-corrected chi connectivity index (χ1v) is 6.86. The lowest BCUT2D eigenvalue weighted by molar-refractivity contribution is 0.262. The highest BCUT2D eigenvalue weighted by atomic mass is 16.5. The summed E-state index contributed by atoms with van der Waals surface area (Å²) >= 11 is 0. The van der Waals surface area contributed by atoms with E-state index in [4.69, 9.17) is 4.52 Å². The molecule has 2 N–H and O–H groups in total. The fourth-order valence-corrected chi connectivity index (χ4v) is 2.59. The molecule has 18 heavy (non-hydrogen) atoms. The van der Waals surface area contributed by atoms with Crippen LogP contribution in [0.15, 0.2) is 15.4 Å². The zero-order chi connectivity index (χ0) is 13.2. The van der Waals surface area contributed by atoms with Crippen LogP contribution in [0.1, 0.15) is 58.1 Å². The molecule has 4 nitrogen and oxygen atoms in total. The number of piperidine rings is 1. The Balaban J connectivity index is 1.90. The van der Waals surface area contributed by atoms with Crippen molar-refractivity contribution >= 4 is 0 Å². The second-order valence-corrected chi connectivity index (χ2v) is 6.59. The van der Waals surface area contributed by atoms with Gasteiger partial charge in [0.2, 0.25) is 0 Å². The van der Waals surface area contributed by atoms with Gasteiger partial charge in [-0.3, -0.25) is 4.79 Å². The van der Waals surface area contributed by atoms with Crippen LogP contribution in [0.3, 0.4) is 0 Å². The van der Waals surface area contributed by atoms with Gasteiger partial charge in [-0.1, -0.05) is 20.8 Å². The third-order valence-electron chi connectivity index (χ3n) is 3.68. The highest BCUT2D eigenvalue weighted by Gasteiger charge is 2.26. The Bertz CT molecular complexity index is 427. The maximum atomic E-state index is 11.1. The molecule has 2 heterocycles. The zero-order valence-corrected chi connectivity index (χ0v) is 11.6. The van der Waals surface area contributed by atoms with Crippen LogP contribution in [-0.4, -0.2) is 17.7 Å². The second-order valence-electron chi connectivity index (χ2n) is 6.59. The number of nitrogens with one attached hydrogen (secondary N) is 2. The molecule has 2 atom stereocenters. The number of aromatic nitrogens is 1. The van der Waals surface area contributed by atoms with Gasteiger partial charge in [-0.05, 0) is 37.6 Å². The van der Waals surface area contributed by atoms with Crippen molar-refractivity contribution in [2.75, 3.05) is 6.54 Å². The molecular weight excluding hydrogens is 228 g/mol. The summed E-state index contributed by atoms with van der Waals surface area (Å²) < 4.78 is 5.23. The molecule has 0 radical (unpaired) electrons. The first kappa shape index (κ1) is 13.4. The molecule has 102 valence electrons. The number of hydrogen-bond donors (Lipinski definition) is 2. The summed E-state index contributed by atoms with van der Waals surface area (Å²) in [5.74, 6) is 1.21. The van der Waals surface area contributed by atoms with E-state index in [9.17, 15) is 4.79 Å². The highest BCUT2D eigenvalue weighted by molar-refractivity contribution is 5.04. The highest BCUT2D eigenvalue weighted by Crippen LogP contribution is 2.30. The summed E-state index contributed by atoms with van der Waals surface area (Å²) in [7, 11) is 0. The van der Waals surface area contributed by atoms with Crippen LogP contribution >= 0.6 is 0 Å². The Labute approximate surface area is 108 Å². The van der Waals surface area contributed by atoms with E-state index in [1.807, 2.05) is 0 Å². The molecule has 0 aliphatic carbocycles. The molecule has 1 aromatic rings. The van der Waals surface area contributed by atoms with Crippen LogP contribution in [0.4, 0.5) is 0 Å². The monoisotopic (exact) mass is 252 g/mol. The summed E-state index contributed by atoms with van der Waals surface area (Å²) in [5.41, 5.74) is 0.254. The number of aromatic amines is 1.